The number of benzene rings is 3. The Hall–Kier alpha value is -4.00. The molecule has 0 aliphatic carbocycles. The van der Waals surface area contributed by atoms with Gasteiger partial charge in [0.25, 0.3) is 0 Å². The van der Waals surface area contributed by atoms with E-state index < -0.39 is 0 Å². The third-order valence-corrected chi connectivity index (χ3v) is 4.82. The van der Waals surface area contributed by atoms with Crippen LogP contribution < -0.4 is 15.1 Å². The molecule has 1 heterocycles. The van der Waals surface area contributed by atoms with Gasteiger partial charge in [-0.15, -0.1) is 0 Å². The van der Waals surface area contributed by atoms with Crippen LogP contribution in [0.4, 0.5) is 11.9 Å². The third kappa shape index (κ3) is 4.45. The zero-order valence-electron chi connectivity index (χ0n) is 18.0. The second-order valence-electron chi connectivity index (χ2n) is 7.32. The minimum Gasteiger partial charge on any atom is -0.496 e. The van der Waals surface area contributed by atoms with Crippen LogP contribution in [0.15, 0.2) is 65.8 Å². The molecule has 0 aliphatic rings. The van der Waals surface area contributed by atoms with Crippen molar-refractivity contribution in [1.29, 1.82) is 0 Å². The van der Waals surface area contributed by atoms with Crippen molar-refractivity contribution in [2.45, 2.75) is 6.92 Å². The van der Waals surface area contributed by atoms with Crippen molar-refractivity contribution < 1.29 is 4.74 Å². The molecule has 0 saturated carbocycles. The van der Waals surface area contributed by atoms with E-state index in [2.05, 4.69) is 32.4 Å². The first-order chi connectivity index (χ1) is 15.0. The Bertz CT molecular complexity index is 1230. The van der Waals surface area contributed by atoms with E-state index in [4.69, 9.17) is 4.74 Å². The van der Waals surface area contributed by atoms with Gasteiger partial charge in [-0.2, -0.15) is 20.1 Å². The standard InChI is InChI=1S/C24H24N6O/c1-16-9-11-17(12-10-16)15-25-29-23-26-22(27-24(28-23)30(2)3)20-13-14-21(31-4)19-8-6-5-7-18(19)20/h5-15H,1-4H3,(H,26,27,28,29)/b25-15+. The quantitative estimate of drug-likeness (QED) is 0.371. The van der Waals surface area contributed by atoms with Crippen LogP contribution in [0, 0.1) is 6.92 Å². The lowest BCUT2D eigenvalue weighted by Crippen LogP contribution is -2.15. The maximum atomic E-state index is 5.51. The van der Waals surface area contributed by atoms with Crippen molar-refractivity contribution in [3.63, 3.8) is 0 Å². The monoisotopic (exact) mass is 412 g/mol. The third-order valence-electron chi connectivity index (χ3n) is 4.82. The van der Waals surface area contributed by atoms with Crippen LogP contribution in [0.2, 0.25) is 0 Å². The number of anilines is 2. The van der Waals surface area contributed by atoms with Crippen molar-refractivity contribution >= 4 is 28.9 Å². The largest absolute Gasteiger partial charge is 0.496 e. The van der Waals surface area contributed by atoms with Crippen LogP contribution >= 0.6 is 0 Å². The van der Waals surface area contributed by atoms with Crippen LogP contribution in [0.25, 0.3) is 22.2 Å². The van der Waals surface area contributed by atoms with Gasteiger partial charge in [-0.05, 0) is 30.0 Å². The van der Waals surface area contributed by atoms with Gasteiger partial charge in [0.05, 0.1) is 13.3 Å². The van der Waals surface area contributed by atoms with Crippen molar-refractivity contribution in [2.24, 2.45) is 5.10 Å². The number of hydrogen-bond donors (Lipinski definition) is 1. The van der Waals surface area contributed by atoms with Gasteiger partial charge in [0.1, 0.15) is 5.75 Å². The molecule has 0 radical (unpaired) electrons. The molecule has 156 valence electrons. The highest BCUT2D eigenvalue weighted by Crippen LogP contribution is 2.33. The summed E-state index contributed by atoms with van der Waals surface area (Å²) < 4.78 is 5.51. The molecule has 0 spiro atoms. The molecule has 0 saturated heterocycles. The molecule has 4 aromatic rings. The van der Waals surface area contributed by atoms with E-state index in [1.54, 1.807) is 13.3 Å². The average Bonchev–Trinajstić information content (AvgIpc) is 2.79. The number of hydrazone groups is 1. The Morgan fingerprint density at radius 3 is 2.35 bits per heavy atom. The molecule has 3 aromatic carbocycles. The summed E-state index contributed by atoms with van der Waals surface area (Å²) in [5, 5.41) is 6.31. The Balaban J connectivity index is 1.73. The maximum Gasteiger partial charge on any atom is 0.248 e. The number of aryl methyl sites for hydroxylation is 1. The Morgan fingerprint density at radius 2 is 1.65 bits per heavy atom. The number of nitrogens with zero attached hydrogens (tertiary/aromatic N) is 5. The summed E-state index contributed by atoms with van der Waals surface area (Å²) in [5.41, 5.74) is 6.03. The van der Waals surface area contributed by atoms with Crippen LogP contribution in [0.1, 0.15) is 11.1 Å². The van der Waals surface area contributed by atoms with E-state index in [1.165, 1.54) is 5.56 Å². The topological polar surface area (TPSA) is 75.5 Å². The summed E-state index contributed by atoms with van der Waals surface area (Å²) in [6.07, 6.45) is 1.74. The lowest BCUT2D eigenvalue weighted by Gasteiger charge is -2.14. The van der Waals surface area contributed by atoms with E-state index in [0.717, 1.165) is 27.6 Å². The zero-order valence-corrected chi connectivity index (χ0v) is 18.0. The fourth-order valence-corrected chi connectivity index (χ4v) is 3.20. The molecule has 4 rings (SSSR count). The van der Waals surface area contributed by atoms with Crippen LogP contribution in [-0.2, 0) is 0 Å². The second-order valence-corrected chi connectivity index (χ2v) is 7.32. The van der Waals surface area contributed by atoms with E-state index in [-0.39, 0.29) is 0 Å². The molecule has 1 N–H and O–H groups in total. The van der Waals surface area contributed by atoms with Crippen LogP contribution in [0.3, 0.4) is 0 Å². The van der Waals surface area contributed by atoms with Crippen LogP contribution in [0.5, 0.6) is 5.75 Å². The molecule has 0 atom stereocenters. The zero-order chi connectivity index (χ0) is 21.8. The second kappa shape index (κ2) is 8.79. The number of aromatic nitrogens is 3. The van der Waals surface area contributed by atoms with Gasteiger partial charge in [-0.1, -0.05) is 54.1 Å². The maximum absolute atomic E-state index is 5.51. The minimum absolute atomic E-state index is 0.372. The molecule has 0 aliphatic heterocycles. The fourth-order valence-electron chi connectivity index (χ4n) is 3.20. The summed E-state index contributed by atoms with van der Waals surface area (Å²) in [6, 6.07) is 20.0. The Labute approximate surface area is 181 Å². The molecule has 1 aromatic heterocycles. The van der Waals surface area contributed by atoms with E-state index in [0.29, 0.717) is 17.7 Å². The number of rotatable bonds is 6. The van der Waals surface area contributed by atoms with Crippen molar-refractivity contribution in [2.75, 3.05) is 31.5 Å². The van der Waals surface area contributed by atoms with Gasteiger partial charge in [0, 0.05) is 25.0 Å². The summed E-state index contributed by atoms with van der Waals surface area (Å²) in [4.78, 5) is 15.6. The van der Waals surface area contributed by atoms with Gasteiger partial charge < -0.3 is 9.64 Å². The lowest BCUT2D eigenvalue weighted by atomic mass is 10.0. The molecule has 7 nitrogen and oxygen atoms in total. The van der Waals surface area contributed by atoms with E-state index >= 15 is 0 Å². The molecular formula is C24H24N6O. The molecule has 0 unspecified atom stereocenters. The summed E-state index contributed by atoms with van der Waals surface area (Å²) in [7, 11) is 5.46. The highest BCUT2D eigenvalue weighted by atomic mass is 16.5. The van der Waals surface area contributed by atoms with Crippen molar-refractivity contribution in [1.82, 2.24) is 15.0 Å². The van der Waals surface area contributed by atoms with Gasteiger partial charge in [0.15, 0.2) is 5.82 Å². The Kier molecular flexibility index (Phi) is 5.75. The first-order valence-electron chi connectivity index (χ1n) is 9.90. The number of ether oxygens (including phenoxy) is 1. The normalized spacial score (nSPS) is 11.1. The smallest absolute Gasteiger partial charge is 0.248 e. The van der Waals surface area contributed by atoms with Crippen molar-refractivity contribution in [3.05, 3.63) is 71.8 Å². The number of methoxy groups -OCH3 is 1. The summed E-state index contributed by atoms with van der Waals surface area (Å²) in [6.45, 7) is 2.05. The fraction of sp³-hybridized carbons (Fsp3) is 0.167. The predicted molar refractivity (Wildman–Crippen MR) is 126 cm³/mol. The SMILES string of the molecule is COc1ccc(-c2nc(N/N=C/c3ccc(C)cc3)nc(N(C)C)n2)c2ccccc12. The minimum atomic E-state index is 0.372. The molecular weight excluding hydrogens is 388 g/mol. The van der Waals surface area contributed by atoms with Gasteiger partial charge in [0.2, 0.25) is 11.9 Å². The molecule has 0 fully saturated rings. The van der Waals surface area contributed by atoms with Crippen LogP contribution in [-0.4, -0.2) is 42.4 Å². The summed E-state index contributed by atoms with van der Waals surface area (Å²) in [5.74, 6) is 2.28. The average molecular weight is 412 g/mol. The first-order valence-corrected chi connectivity index (χ1v) is 9.90. The predicted octanol–water partition coefficient (Wildman–Crippen LogP) is 4.52. The van der Waals surface area contributed by atoms with Crippen molar-refractivity contribution in [3.8, 4) is 17.1 Å². The van der Waals surface area contributed by atoms with Gasteiger partial charge in [-0.25, -0.2) is 5.43 Å². The van der Waals surface area contributed by atoms with Gasteiger partial charge >= 0.3 is 0 Å². The first kappa shape index (κ1) is 20.3. The highest BCUT2D eigenvalue weighted by molar-refractivity contribution is 5.99. The molecule has 31 heavy (non-hydrogen) atoms. The van der Waals surface area contributed by atoms with E-state index in [9.17, 15) is 0 Å². The molecule has 0 amide bonds. The summed E-state index contributed by atoms with van der Waals surface area (Å²) >= 11 is 0. The number of fused-ring (bicyclic) bond motifs is 1. The molecule has 7 heteroatoms. The Morgan fingerprint density at radius 1 is 0.903 bits per heavy atom. The highest BCUT2D eigenvalue weighted by Gasteiger charge is 2.14. The van der Waals surface area contributed by atoms with Gasteiger partial charge in [-0.3, -0.25) is 0 Å². The number of nitrogens with one attached hydrogen (secondary N) is 1. The number of hydrogen-bond acceptors (Lipinski definition) is 7. The molecule has 0 bridgehead atoms. The van der Waals surface area contributed by atoms with E-state index in [1.807, 2.05) is 79.7 Å². The lowest BCUT2D eigenvalue weighted by molar-refractivity contribution is 0.420.